The van der Waals surface area contributed by atoms with Gasteiger partial charge in [0, 0.05) is 0 Å². The highest BCUT2D eigenvalue weighted by molar-refractivity contribution is 7.86. The molecule has 0 bridgehead atoms. The second kappa shape index (κ2) is 7.87. The number of benzene rings is 2. The van der Waals surface area contributed by atoms with E-state index in [1.165, 1.54) is 24.3 Å². The van der Waals surface area contributed by atoms with Gasteiger partial charge in [-0.3, -0.25) is 9.11 Å². The Morgan fingerprint density at radius 1 is 0.654 bits per heavy atom. The van der Waals surface area contributed by atoms with Crippen LogP contribution in [0.3, 0.4) is 0 Å². The second-order valence-electron chi connectivity index (χ2n) is 6.12. The molecule has 0 aromatic heterocycles. The van der Waals surface area contributed by atoms with Crippen LogP contribution in [0.2, 0.25) is 0 Å². The molecule has 2 atom stereocenters. The van der Waals surface area contributed by atoms with Crippen molar-refractivity contribution in [3.05, 3.63) is 59.7 Å². The minimum absolute atomic E-state index is 0.0898. The fourth-order valence-corrected chi connectivity index (χ4v) is 4.24. The molecular weight excluding hydrogens is 376 g/mol. The smallest absolute Gasteiger partial charge is 0.282 e. The van der Waals surface area contributed by atoms with Crippen LogP contribution < -0.4 is 0 Å². The summed E-state index contributed by atoms with van der Waals surface area (Å²) >= 11 is 0. The second-order valence-corrected chi connectivity index (χ2v) is 8.96. The van der Waals surface area contributed by atoms with Gasteiger partial charge >= 0.3 is 0 Å². The van der Waals surface area contributed by atoms with E-state index in [4.69, 9.17) is 9.11 Å². The van der Waals surface area contributed by atoms with Crippen LogP contribution in [-0.2, 0) is 20.2 Å². The van der Waals surface area contributed by atoms with Gasteiger partial charge in [0.05, 0.1) is 9.79 Å². The van der Waals surface area contributed by atoms with Gasteiger partial charge in [0.2, 0.25) is 0 Å². The van der Waals surface area contributed by atoms with E-state index in [-0.39, 0.29) is 21.6 Å². The van der Waals surface area contributed by atoms with E-state index >= 15 is 0 Å². The van der Waals surface area contributed by atoms with Crippen LogP contribution in [0.25, 0.3) is 0 Å². The maximum Gasteiger partial charge on any atom is 0.294 e. The molecule has 0 fully saturated rings. The van der Waals surface area contributed by atoms with Crippen LogP contribution in [-0.4, -0.2) is 25.9 Å². The van der Waals surface area contributed by atoms with Crippen LogP contribution in [0, 0.1) is 0 Å². The lowest BCUT2D eigenvalue weighted by atomic mass is 9.78. The standard InChI is InChI=1S/C18H22O6S2/c1-3-17(13-5-9-15(10-6-13)25(19,20)21)18(4-2)14-7-11-16(12-8-14)26(22,23)24/h5-12,17-18H,3-4H2,1-2H3,(H,19,20,21)(H,22,23,24). The fourth-order valence-electron chi connectivity index (χ4n) is 3.28. The summed E-state index contributed by atoms with van der Waals surface area (Å²) < 4.78 is 63.0. The zero-order chi connectivity index (χ0) is 19.5. The molecular formula is C18H22O6S2. The average Bonchev–Trinajstić information content (AvgIpc) is 2.58. The largest absolute Gasteiger partial charge is 0.294 e. The van der Waals surface area contributed by atoms with Crippen LogP contribution >= 0.6 is 0 Å². The molecule has 0 aliphatic rings. The van der Waals surface area contributed by atoms with Crippen LogP contribution in [0.1, 0.15) is 49.7 Å². The first kappa shape index (κ1) is 20.6. The van der Waals surface area contributed by atoms with Gasteiger partial charge in [0.1, 0.15) is 0 Å². The first-order chi connectivity index (χ1) is 12.1. The molecule has 0 saturated heterocycles. The van der Waals surface area contributed by atoms with Crippen molar-refractivity contribution in [2.24, 2.45) is 0 Å². The van der Waals surface area contributed by atoms with Crippen molar-refractivity contribution in [2.75, 3.05) is 0 Å². The van der Waals surface area contributed by atoms with E-state index in [0.717, 1.165) is 24.0 Å². The molecule has 6 nitrogen and oxygen atoms in total. The van der Waals surface area contributed by atoms with Crippen molar-refractivity contribution in [3.63, 3.8) is 0 Å². The van der Waals surface area contributed by atoms with Gasteiger partial charge in [-0.15, -0.1) is 0 Å². The lowest BCUT2D eigenvalue weighted by Gasteiger charge is -2.26. The Bertz CT molecular complexity index is 864. The molecule has 2 aromatic rings. The molecule has 2 unspecified atom stereocenters. The molecule has 0 heterocycles. The molecule has 26 heavy (non-hydrogen) atoms. The highest BCUT2D eigenvalue weighted by Gasteiger charge is 2.23. The molecule has 0 amide bonds. The molecule has 8 heteroatoms. The maximum atomic E-state index is 11.2. The van der Waals surface area contributed by atoms with Gasteiger partial charge in [-0.25, -0.2) is 0 Å². The minimum Gasteiger partial charge on any atom is -0.282 e. The van der Waals surface area contributed by atoms with Crippen molar-refractivity contribution < 1.29 is 25.9 Å². The number of hydrogen-bond acceptors (Lipinski definition) is 4. The van der Waals surface area contributed by atoms with E-state index in [0.29, 0.717) is 0 Å². The van der Waals surface area contributed by atoms with Gasteiger partial charge in [-0.05, 0) is 60.1 Å². The van der Waals surface area contributed by atoms with Gasteiger partial charge < -0.3 is 0 Å². The first-order valence-corrected chi connectivity index (χ1v) is 11.1. The summed E-state index contributed by atoms with van der Waals surface area (Å²) in [6, 6.07) is 12.3. The first-order valence-electron chi connectivity index (χ1n) is 8.22. The minimum atomic E-state index is -4.23. The zero-order valence-electron chi connectivity index (χ0n) is 14.5. The third-order valence-electron chi connectivity index (χ3n) is 4.58. The quantitative estimate of drug-likeness (QED) is 0.685. The van der Waals surface area contributed by atoms with Gasteiger partial charge in [-0.2, -0.15) is 16.8 Å². The van der Waals surface area contributed by atoms with E-state index in [2.05, 4.69) is 0 Å². The van der Waals surface area contributed by atoms with E-state index < -0.39 is 20.2 Å². The molecule has 2 N–H and O–H groups in total. The molecule has 0 radical (unpaired) electrons. The van der Waals surface area contributed by atoms with E-state index in [1.807, 2.05) is 13.8 Å². The van der Waals surface area contributed by atoms with E-state index in [1.54, 1.807) is 24.3 Å². The molecule has 0 aliphatic heterocycles. The summed E-state index contributed by atoms with van der Waals surface area (Å²) in [6.45, 7) is 4.05. The summed E-state index contributed by atoms with van der Waals surface area (Å²) in [4.78, 5) is -0.302. The lowest BCUT2D eigenvalue weighted by molar-refractivity contribution is 0.480. The highest BCUT2D eigenvalue weighted by Crippen LogP contribution is 2.38. The zero-order valence-corrected chi connectivity index (χ0v) is 16.2. The third-order valence-corrected chi connectivity index (χ3v) is 6.31. The topological polar surface area (TPSA) is 109 Å². The van der Waals surface area contributed by atoms with Crippen LogP contribution in [0.4, 0.5) is 0 Å². The molecule has 0 aliphatic carbocycles. The number of hydrogen-bond donors (Lipinski definition) is 2. The highest BCUT2D eigenvalue weighted by atomic mass is 32.2. The summed E-state index contributed by atoms with van der Waals surface area (Å²) in [5.74, 6) is 0.180. The van der Waals surface area contributed by atoms with Gasteiger partial charge in [-0.1, -0.05) is 38.1 Å². The Kier molecular flexibility index (Phi) is 6.23. The van der Waals surface area contributed by atoms with Crippen molar-refractivity contribution >= 4 is 20.2 Å². The molecule has 142 valence electrons. The number of rotatable bonds is 7. The van der Waals surface area contributed by atoms with Crippen LogP contribution in [0.5, 0.6) is 0 Å². The molecule has 2 aromatic carbocycles. The Morgan fingerprint density at radius 3 is 1.12 bits per heavy atom. The third kappa shape index (κ3) is 4.70. The van der Waals surface area contributed by atoms with Crippen molar-refractivity contribution in [1.82, 2.24) is 0 Å². The van der Waals surface area contributed by atoms with Crippen molar-refractivity contribution in [2.45, 2.75) is 48.3 Å². The monoisotopic (exact) mass is 398 g/mol. The summed E-state index contributed by atoms with van der Waals surface area (Å²) in [5, 5.41) is 0. The summed E-state index contributed by atoms with van der Waals surface area (Å²) in [7, 11) is -8.46. The van der Waals surface area contributed by atoms with Crippen molar-refractivity contribution in [1.29, 1.82) is 0 Å². The molecule has 2 rings (SSSR count). The lowest BCUT2D eigenvalue weighted by Crippen LogP contribution is -2.11. The Balaban J connectivity index is 2.37. The Morgan fingerprint density at radius 2 is 0.923 bits per heavy atom. The van der Waals surface area contributed by atoms with Gasteiger partial charge in [0.25, 0.3) is 20.2 Å². The predicted molar refractivity (Wildman–Crippen MR) is 98.6 cm³/mol. The SMILES string of the molecule is CCC(c1ccc(S(=O)(=O)O)cc1)C(CC)c1ccc(S(=O)(=O)O)cc1. The summed E-state index contributed by atoms with van der Waals surface area (Å²) in [5.41, 5.74) is 1.87. The summed E-state index contributed by atoms with van der Waals surface area (Å²) in [6.07, 6.45) is 1.59. The van der Waals surface area contributed by atoms with E-state index in [9.17, 15) is 16.8 Å². The predicted octanol–water partition coefficient (Wildman–Crippen LogP) is 3.87. The molecule has 0 saturated carbocycles. The fraction of sp³-hybridized carbons (Fsp3) is 0.333. The maximum absolute atomic E-state index is 11.2. The van der Waals surface area contributed by atoms with Crippen LogP contribution in [0.15, 0.2) is 58.3 Å². The van der Waals surface area contributed by atoms with Gasteiger partial charge in [0.15, 0.2) is 0 Å². The normalized spacial score (nSPS) is 14.8. The Labute approximate surface area is 154 Å². The molecule has 0 spiro atoms. The average molecular weight is 399 g/mol. The van der Waals surface area contributed by atoms with Crippen molar-refractivity contribution in [3.8, 4) is 0 Å². The Hall–Kier alpha value is -1.74.